The van der Waals surface area contributed by atoms with Crippen LogP contribution in [0.3, 0.4) is 0 Å². The maximum absolute atomic E-state index is 9.64. The third-order valence-corrected chi connectivity index (χ3v) is 3.15. The lowest BCUT2D eigenvalue weighted by Gasteiger charge is -2.16. The fourth-order valence-corrected chi connectivity index (χ4v) is 2.14. The number of benzene rings is 1. The Morgan fingerprint density at radius 3 is 3.00 bits per heavy atom. The van der Waals surface area contributed by atoms with Gasteiger partial charge in [0.05, 0.1) is 0 Å². The van der Waals surface area contributed by atoms with Crippen molar-refractivity contribution < 1.29 is 5.11 Å². The average molecular weight is 220 g/mol. The van der Waals surface area contributed by atoms with Crippen molar-refractivity contribution in [3.63, 3.8) is 0 Å². The molecule has 1 aromatic rings. The summed E-state index contributed by atoms with van der Waals surface area (Å²) in [5, 5.41) is 16.6. The van der Waals surface area contributed by atoms with Gasteiger partial charge in [0.1, 0.15) is 5.75 Å². The first-order valence-corrected chi connectivity index (χ1v) is 6.07. The highest BCUT2D eigenvalue weighted by Crippen LogP contribution is 2.16. The Labute approximate surface area is 96.9 Å². The summed E-state index contributed by atoms with van der Waals surface area (Å²) in [6.45, 7) is 2.99. The third-order valence-electron chi connectivity index (χ3n) is 3.15. The number of phenolic OH excluding ortho intramolecular Hbond substituents is 1. The molecule has 3 heteroatoms. The molecule has 1 unspecified atom stereocenters. The van der Waals surface area contributed by atoms with Crippen LogP contribution in [0.5, 0.6) is 5.75 Å². The van der Waals surface area contributed by atoms with Crippen LogP contribution in [0.4, 0.5) is 0 Å². The Morgan fingerprint density at radius 1 is 1.25 bits per heavy atom. The molecule has 0 bridgehead atoms. The Morgan fingerprint density at radius 2 is 2.12 bits per heavy atom. The van der Waals surface area contributed by atoms with E-state index >= 15 is 0 Å². The molecule has 1 heterocycles. The van der Waals surface area contributed by atoms with Gasteiger partial charge in [-0.05, 0) is 38.4 Å². The molecular weight excluding hydrogens is 200 g/mol. The van der Waals surface area contributed by atoms with Crippen LogP contribution in [-0.2, 0) is 6.54 Å². The summed E-state index contributed by atoms with van der Waals surface area (Å²) in [5.41, 5.74) is 0.986. The smallest absolute Gasteiger partial charge is 0.120 e. The predicted octanol–water partition coefficient (Wildman–Crippen LogP) is 1.62. The number of rotatable bonds is 3. The molecule has 1 fully saturated rings. The summed E-state index contributed by atoms with van der Waals surface area (Å²) in [5.74, 6) is 0.391. The van der Waals surface area contributed by atoms with Gasteiger partial charge in [0.25, 0.3) is 0 Å². The molecule has 1 saturated heterocycles. The molecule has 0 amide bonds. The maximum Gasteiger partial charge on any atom is 0.120 e. The summed E-state index contributed by atoms with van der Waals surface area (Å²) < 4.78 is 0. The van der Waals surface area contributed by atoms with Gasteiger partial charge in [0.15, 0.2) is 0 Å². The van der Waals surface area contributed by atoms with Crippen LogP contribution in [0.1, 0.15) is 24.8 Å². The first kappa shape index (κ1) is 11.4. The largest absolute Gasteiger partial charge is 0.508 e. The standard InChI is InChI=1S/C13H20N2O/c16-13-6-2-1-4-11(13)10-15-12-5-3-8-14-9-7-12/h1-2,4,6,12,14-16H,3,5,7-10H2. The van der Waals surface area contributed by atoms with Gasteiger partial charge >= 0.3 is 0 Å². The van der Waals surface area contributed by atoms with E-state index in [1.807, 2.05) is 18.2 Å². The van der Waals surface area contributed by atoms with Crippen LogP contribution in [0.2, 0.25) is 0 Å². The first-order chi connectivity index (χ1) is 7.86. The number of phenols is 1. The summed E-state index contributed by atoms with van der Waals surface area (Å²) in [6.07, 6.45) is 3.63. The summed E-state index contributed by atoms with van der Waals surface area (Å²) in [4.78, 5) is 0. The number of para-hydroxylation sites is 1. The molecule has 0 spiro atoms. The highest BCUT2D eigenvalue weighted by molar-refractivity contribution is 5.31. The van der Waals surface area contributed by atoms with Crippen molar-refractivity contribution in [3.8, 4) is 5.75 Å². The number of aromatic hydroxyl groups is 1. The van der Waals surface area contributed by atoms with Gasteiger partial charge in [-0.2, -0.15) is 0 Å². The minimum atomic E-state index is 0.391. The lowest BCUT2D eigenvalue weighted by molar-refractivity contribution is 0.442. The van der Waals surface area contributed by atoms with Gasteiger partial charge in [-0.15, -0.1) is 0 Å². The van der Waals surface area contributed by atoms with Gasteiger partial charge in [-0.1, -0.05) is 18.2 Å². The second-order valence-corrected chi connectivity index (χ2v) is 4.39. The summed E-state index contributed by atoms with van der Waals surface area (Å²) in [6, 6.07) is 8.11. The van der Waals surface area contributed by atoms with E-state index in [-0.39, 0.29) is 0 Å². The molecule has 1 aliphatic heterocycles. The van der Waals surface area contributed by atoms with Gasteiger partial charge < -0.3 is 15.7 Å². The second-order valence-electron chi connectivity index (χ2n) is 4.39. The van der Waals surface area contributed by atoms with Gasteiger partial charge in [0.2, 0.25) is 0 Å². The van der Waals surface area contributed by atoms with Crippen LogP contribution < -0.4 is 10.6 Å². The van der Waals surface area contributed by atoms with E-state index in [4.69, 9.17) is 0 Å². The Kier molecular flexibility index (Phi) is 4.19. The molecule has 1 aromatic carbocycles. The van der Waals surface area contributed by atoms with E-state index in [1.165, 1.54) is 19.3 Å². The fraction of sp³-hybridized carbons (Fsp3) is 0.538. The predicted molar refractivity (Wildman–Crippen MR) is 65.5 cm³/mol. The van der Waals surface area contributed by atoms with Crippen molar-refractivity contribution in [2.75, 3.05) is 13.1 Å². The molecule has 3 nitrogen and oxygen atoms in total. The van der Waals surface area contributed by atoms with Crippen molar-refractivity contribution in [2.24, 2.45) is 0 Å². The quantitative estimate of drug-likeness (QED) is 0.725. The van der Waals surface area contributed by atoms with Gasteiger partial charge in [0, 0.05) is 18.2 Å². The molecule has 0 aromatic heterocycles. The minimum absolute atomic E-state index is 0.391. The van der Waals surface area contributed by atoms with Crippen molar-refractivity contribution in [2.45, 2.75) is 31.8 Å². The van der Waals surface area contributed by atoms with Crippen LogP contribution in [0.15, 0.2) is 24.3 Å². The highest BCUT2D eigenvalue weighted by Gasteiger charge is 2.11. The molecule has 0 saturated carbocycles. The van der Waals surface area contributed by atoms with E-state index in [2.05, 4.69) is 10.6 Å². The molecule has 2 rings (SSSR count). The Hall–Kier alpha value is -1.06. The average Bonchev–Trinajstić information content (AvgIpc) is 2.56. The van der Waals surface area contributed by atoms with Crippen molar-refractivity contribution in [3.05, 3.63) is 29.8 Å². The molecule has 3 N–H and O–H groups in total. The van der Waals surface area contributed by atoms with E-state index in [0.29, 0.717) is 11.8 Å². The topological polar surface area (TPSA) is 44.3 Å². The lowest BCUT2D eigenvalue weighted by Crippen LogP contribution is -2.29. The molecule has 1 atom stereocenters. The zero-order chi connectivity index (χ0) is 11.2. The van der Waals surface area contributed by atoms with Crippen molar-refractivity contribution in [1.29, 1.82) is 0 Å². The normalized spacial score (nSPS) is 21.6. The van der Waals surface area contributed by atoms with Crippen LogP contribution >= 0.6 is 0 Å². The maximum atomic E-state index is 9.64. The molecular formula is C13H20N2O. The Bertz CT molecular complexity index is 319. The van der Waals surface area contributed by atoms with E-state index in [0.717, 1.165) is 25.2 Å². The third kappa shape index (κ3) is 3.22. The second kappa shape index (κ2) is 5.87. The van der Waals surface area contributed by atoms with Gasteiger partial charge in [-0.3, -0.25) is 0 Å². The number of hydrogen-bond donors (Lipinski definition) is 3. The fourth-order valence-electron chi connectivity index (χ4n) is 2.14. The zero-order valence-electron chi connectivity index (χ0n) is 9.58. The van der Waals surface area contributed by atoms with Crippen LogP contribution in [-0.4, -0.2) is 24.2 Å². The van der Waals surface area contributed by atoms with E-state index in [1.54, 1.807) is 6.07 Å². The Balaban J connectivity index is 1.84. The highest BCUT2D eigenvalue weighted by atomic mass is 16.3. The van der Waals surface area contributed by atoms with E-state index < -0.39 is 0 Å². The number of nitrogens with one attached hydrogen (secondary N) is 2. The summed E-state index contributed by atoms with van der Waals surface area (Å²) >= 11 is 0. The minimum Gasteiger partial charge on any atom is -0.508 e. The van der Waals surface area contributed by atoms with E-state index in [9.17, 15) is 5.11 Å². The molecule has 0 radical (unpaired) electrons. The van der Waals surface area contributed by atoms with Crippen molar-refractivity contribution in [1.82, 2.24) is 10.6 Å². The monoisotopic (exact) mass is 220 g/mol. The van der Waals surface area contributed by atoms with Crippen molar-refractivity contribution >= 4 is 0 Å². The lowest BCUT2D eigenvalue weighted by atomic mass is 10.1. The van der Waals surface area contributed by atoms with Crippen LogP contribution in [0.25, 0.3) is 0 Å². The molecule has 0 aliphatic carbocycles. The molecule has 88 valence electrons. The molecule has 16 heavy (non-hydrogen) atoms. The SMILES string of the molecule is Oc1ccccc1CNC1CCCNCC1. The van der Waals surface area contributed by atoms with Crippen LogP contribution in [0, 0.1) is 0 Å². The summed E-state index contributed by atoms with van der Waals surface area (Å²) in [7, 11) is 0. The zero-order valence-corrected chi connectivity index (χ0v) is 9.58. The first-order valence-electron chi connectivity index (χ1n) is 6.07. The number of hydrogen-bond acceptors (Lipinski definition) is 3. The van der Waals surface area contributed by atoms with Gasteiger partial charge in [-0.25, -0.2) is 0 Å². The molecule has 1 aliphatic rings.